The van der Waals surface area contributed by atoms with Crippen molar-refractivity contribution < 1.29 is 8.78 Å². The van der Waals surface area contributed by atoms with Gasteiger partial charge in [0, 0.05) is 30.4 Å². The number of hydrogen-bond acceptors (Lipinski definition) is 4. The van der Waals surface area contributed by atoms with E-state index < -0.39 is 11.6 Å². The Morgan fingerprint density at radius 1 is 1.21 bits per heavy atom. The van der Waals surface area contributed by atoms with Gasteiger partial charge in [-0.2, -0.15) is 4.98 Å². The lowest BCUT2D eigenvalue weighted by molar-refractivity contribution is 0.446. The maximum atomic E-state index is 13.8. The van der Waals surface area contributed by atoms with E-state index in [0.29, 0.717) is 12.0 Å². The largest absolute Gasteiger partial charge is 0.353 e. The molecule has 1 N–H and O–H groups in total. The van der Waals surface area contributed by atoms with E-state index in [0.717, 1.165) is 43.4 Å². The van der Waals surface area contributed by atoms with Crippen LogP contribution in [0.2, 0.25) is 0 Å². The SMILES string of the molecule is CCC1CCCCN1c1cc(C)nc(Nc2ccc(F)cc2F)n1. The van der Waals surface area contributed by atoms with Gasteiger partial charge in [-0.3, -0.25) is 0 Å². The molecule has 24 heavy (non-hydrogen) atoms. The van der Waals surface area contributed by atoms with Gasteiger partial charge in [0.25, 0.3) is 0 Å². The monoisotopic (exact) mass is 332 g/mol. The summed E-state index contributed by atoms with van der Waals surface area (Å²) in [6, 6.07) is 5.84. The van der Waals surface area contributed by atoms with Gasteiger partial charge in [-0.1, -0.05) is 6.92 Å². The zero-order valence-corrected chi connectivity index (χ0v) is 14.0. The van der Waals surface area contributed by atoms with Gasteiger partial charge < -0.3 is 10.2 Å². The topological polar surface area (TPSA) is 41.1 Å². The third-order valence-corrected chi connectivity index (χ3v) is 4.41. The number of halogens is 2. The molecular weight excluding hydrogens is 310 g/mol. The highest BCUT2D eigenvalue weighted by atomic mass is 19.1. The van der Waals surface area contributed by atoms with Gasteiger partial charge in [0.2, 0.25) is 5.95 Å². The Balaban J connectivity index is 1.88. The second-order valence-corrected chi connectivity index (χ2v) is 6.19. The van der Waals surface area contributed by atoms with Crippen molar-refractivity contribution in [2.45, 2.75) is 45.6 Å². The van der Waals surface area contributed by atoms with E-state index in [1.165, 1.54) is 18.6 Å². The molecule has 4 nitrogen and oxygen atoms in total. The van der Waals surface area contributed by atoms with Crippen LogP contribution in [0.25, 0.3) is 0 Å². The zero-order chi connectivity index (χ0) is 17.1. The van der Waals surface area contributed by atoms with E-state index >= 15 is 0 Å². The minimum Gasteiger partial charge on any atom is -0.353 e. The maximum absolute atomic E-state index is 13.8. The van der Waals surface area contributed by atoms with Crippen molar-refractivity contribution >= 4 is 17.5 Å². The molecular formula is C18H22F2N4. The van der Waals surface area contributed by atoms with E-state index in [1.807, 2.05) is 13.0 Å². The molecule has 2 heterocycles. The Morgan fingerprint density at radius 3 is 2.79 bits per heavy atom. The van der Waals surface area contributed by atoms with Crippen LogP contribution in [-0.4, -0.2) is 22.6 Å². The van der Waals surface area contributed by atoms with Crippen LogP contribution in [0.3, 0.4) is 0 Å². The minimum atomic E-state index is -0.661. The summed E-state index contributed by atoms with van der Waals surface area (Å²) in [5.74, 6) is -0.0796. The average Bonchev–Trinajstić information content (AvgIpc) is 2.57. The molecule has 0 saturated carbocycles. The molecule has 1 atom stereocenters. The third kappa shape index (κ3) is 3.63. The summed E-state index contributed by atoms with van der Waals surface area (Å²) in [4.78, 5) is 11.2. The normalized spacial score (nSPS) is 17.8. The quantitative estimate of drug-likeness (QED) is 0.890. The van der Waals surface area contributed by atoms with Gasteiger partial charge in [0.05, 0.1) is 5.69 Å². The van der Waals surface area contributed by atoms with Crippen molar-refractivity contribution in [2.75, 3.05) is 16.8 Å². The van der Waals surface area contributed by atoms with Crippen molar-refractivity contribution in [3.8, 4) is 0 Å². The van der Waals surface area contributed by atoms with Crippen LogP contribution in [0.1, 0.15) is 38.3 Å². The highest BCUT2D eigenvalue weighted by Crippen LogP contribution is 2.27. The van der Waals surface area contributed by atoms with Crippen molar-refractivity contribution in [1.29, 1.82) is 0 Å². The van der Waals surface area contributed by atoms with Crippen LogP contribution < -0.4 is 10.2 Å². The Kier molecular flexibility index (Phi) is 4.92. The van der Waals surface area contributed by atoms with Crippen LogP contribution in [0.5, 0.6) is 0 Å². The summed E-state index contributed by atoms with van der Waals surface area (Å²) in [5.41, 5.74) is 0.976. The average molecular weight is 332 g/mol. The van der Waals surface area contributed by atoms with Crippen LogP contribution in [0.4, 0.5) is 26.2 Å². The number of aryl methyl sites for hydroxylation is 1. The van der Waals surface area contributed by atoms with Crippen molar-refractivity contribution in [3.63, 3.8) is 0 Å². The molecule has 1 aliphatic rings. The predicted octanol–water partition coefficient (Wildman–Crippen LogP) is 4.58. The first kappa shape index (κ1) is 16.6. The molecule has 1 fully saturated rings. The summed E-state index contributed by atoms with van der Waals surface area (Å²) in [6.45, 7) is 5.05. The van der Waals surface area contributed by atoms with E-state index in [2.05, 4.69) is 27.1 Å². The Morgan fingerprint density at radius 2 is 2.04 bits per heavy atom. The fourth-order valence-electron chi connectivity index (χ4n) is 3.19. The summed E-state index contributed by atoms with van der Waals surface area (Å²) in [5, 5.41) is 2.86. The second kappa shape index (κ2) is 7.11. The number of benzene rings is 1. The molecule has 1 aliphatic heterocycles. The third-order valence-electron chi connectivity index (χ3n) is 4.41. The Bertz CT molecular complexity index is 720. The van der Waals surface area contributed by atoms with Crippen LogP contribution in [0, 0.1) is 18.6 Å². The first-order valence-corrected chi connectivity index (χ1v) is 8.41. The summed E-state index contributed by atoms with van der Waals surface area (Å²) >= 11 is 0. The van der Waals surface area contributed by atoms with Crippen molar-refractivity contribution in [1.82, 2.24) is 9.97 Å². The number of nitrogens with zero attached hydrogens (tertiary/aromatic N) is 3. The lowest BCUT2D eigenvalue weighted by Crippen LogP contribution is -2.39. The Hall–Kier alpha value is -2.24. The van der Waals surface area contributed by atoms with Gasteiger partial charge in [-0.25, -0.2) is 13.8 Å². The van der Waals surface area contributed by atoms with Crippen molar-refractivity contribution in [3.05, 3.63) is 41.6 Å². The number of hydrogen-bond donors (Lipinski definition) is 1. The number of piperidine rings is 1. The maximum Gasteiger partial charge on any atom is 0.229 e. The molecule has 0 amide bonds. The van der Waals surface area contributed by atoms with Crippen LogP contribution in [-0.2, 0) is 0 Å². The van der Waals surface area contributed by atoms with Crippen LogP contribution >= 0.6 is 0 Å². The molecule has 1 aromatic heterocycles. The molecule has 0 bridgehead atoms. The lowest BCUT2D eigenvalue weighted by atomic mass is 10.00. The predicted molar refractivity (Wildman–Crippen MR) is 91.7 cm³/mol. The standard InChI is InChI=1S/C18H22F2N4/c1-3-14-6-4-5-9-24(14)17-10-12(2)21-18(23-17)22-16-8-7-13(19)11-15(16)20/h7-8,10-11,14H,3-6,9H2,1-2H3,(H,21,22,23). The van der Waals surface area contributed by atoms with Gasteiger partial charge >= 0.3 is 0 Å². The molecule has 2 aromatic rings. The van der Waals surface area contributed by atoms with E-state index in [9.17, 15) is 8.78 Å². The molecule has 3 rings (SSSR count). The molecule has 0 aliphatic carbocycles. The number of aromatic nitrogens is 2. The first-order valence-electron chi connectivity index (χ1n) is 8.41. The lowest BCUT2D eigenvalue weighted by Gasteiger charge is -2.36. The van der Waals surface area contributed by atoms with E-state index in [1.54, 1.807) is 0 Å². The van der Waals surface area contributed by atoms with Gasteiger partial charge in [0.15, 0.2) is 0 Å². The minimum absolute atomic E-state index is 0.165. The van der Waals surface area contributed by atoms with Gasteiger partial charge in [-0.05, 0) is 44.7 Å². The van der Waals surface area contributed by atoms with E-state index in [-0.39, 0.29) is 5.69 Å². The number of nitrogens with one attached hydrogen (secondary N) is 1. The summed E-state index contributed by atoms with van der Waals surface area (Å²) < 4.78 is 26.9. The molecule has 1 saturated heterocycles. The first-order chi connectivity index (χ1) is 11.6. The molecule has 1 aromatic carbocycles. The molecule has 1 unspecified atom stereocenters. The molecule has 128 valence electrons. The Labute approximate surface area is 140 Å². The molecule has 0 radical (unpaired) electrons. The van der Waals surface area contributed by atoms with Crippen molar-refractivity contribution in [2.24, 2.45) is 0 Å². The highest BCUT2D eigenvalue weighted by molar-refractivity contribution is 5.56. The number of rotatable bonds is 4. The van der Waals surface area contributed by atoms with E-state index in [4.69, 9.17) is 0 Å². The zero-order valence-electron chi connectivity index (χ0n) is 14.0. The second-order valence-electron chi connectivity index (χ2n) is 6.19. The van der Waals surface area contributed by atoms with Crippen LogP contribution in [0.15, 0.2) is 24.3 Å². The van der Waals surface area contributed by atoms with Gasteiger partial charge in [0.1, 0.15) is 17.5 Å². The number of anilines is 3. The summed E-state index contributed by atoms with van der Waals surface area (Å²) in [6.07, 6.45) is 4.62. The summed E-state index contributed by atoms with van der Waals surface area (Å²) in [7, 11) is 0. The fraction of sp³-hybridized carbons (Fsp3) is 0.444. The highest BCUT2D eigenvalue weighted by Gasteiger charge is 2.23. The van der Waals surface area contributed by atoms with Gasteiger partial charge in [-0.15, -0.1) is 0 Å². The molecule has 0 spiro atoms. The smallest absolute Gasteiger partial charge is 0.229 e. The fourth-order valence-corrected chi connectivity index (χ4v) is 3.19. The molecule has 6 heteroatoms.